The van der Waals surface area contributed by atoms with E-state index in [0.29, 0.717) is 46.7 Å². The highest BCUT2D eigenvalue weighted by Crippen LogP contribution is 2.51. The number of hydrogen-bond donors (Lipinski definition) is 0. The van der Waals surface area contributed by atoms with Crippen LogP contribution in [0.3, 0.4) is 0 Å². The van der Waals surface area contributed by atoms with E-state index in [1.54, 1.807) is 13.2 Å². The van der Waals surface area contributed by atoms with Crippen LogP contribution in [-0.2, 0) is 6.42 Å². The Balaban J connectivity index is 1.66. The second-order valence-electron chi connectivity index (χ2n) is 5.77. The number of methoxy groups -OCH3 is 3. The Hall–Kier alpha value is -3.42. The minimum Gasteiger partial charge on any atom is -0.497 e. The number of ether oxygens (including phenoxy) is 5. The van der Waals surface area contributed by atoms with Gasteiger partial charge in [0.1, 0.15) is 5.75 Å². The van der Waals surface area contributed by atoms with E-state index in [1.165, 1.54) is 14.2 Å². The van der Waals surface area contributed by atoms with Gasteiger partial charge in [-0.05, 0) is 17.7 Å². The Morgan fingerprint density at radius 2 is 1.74 bits per heavy atom. The van der Waals surface area contributed by atoms with Gasteiger partial charge in [-0.1, -0.05) is 17.3 Å². The van der Waals surface area contributed by atoms with Crippen molar-refractivity contribution in [2.24, 2.45) is 0 Å². The molecule has 8 heteroatoms. The van der Waals surface area contributed by atoms with E-state index < -0.39 is 0 Å². The van der Waals surface area contributed by atoms with Crippen molar-refractivity contribution in [1.29, 1.82) is 0 Å². The molecule has 0 saturated carbocycles. The molecule has 0 unspecified atom stereocenters. The summed E-state index contributed by atoms with van der Waals surface area (Å²) in [5.41, 5.74) is 1.62. The maximum Gasteiger partial charge on any atom is 0.261 e. The van der Waals surface area contributed by atoms with Crippen LogP contribution in [0.4, 0.5) is 0 Å². The van der Waals surface area contributed by atoms with Crippen LogP contribution in [0.5, 0.6) is 28.7 Å². The minimum atomic E-state index is 0.116. The van der Waals surface area contributed by atoms with Crippen molar-refractivity contribution in [3.05, 3.63) is 41.7 Å². The molecule has 1 aliphatic heterocycles. The molecule has 0 bridgehead atoms. The highest BCUT2D eigenvalue weighted by atomic mass is 16.7. The molecular weight excluding hydrogens is 352 g/mol. The Kier molecular flexibility index (Phi) is 4.45. The first kappa shape index (κ1) is 17.0. The summed E-state index contributed by atoms with van der Waals surface area (Å²) in [4.78, 5) is 4.49. The summed E-state index contributed by atoms with van der Waals surface area (Å²) in [6.45, 7) is 0.116. The predicted octanol–water partition coefficient (Wildman–Crippen LogP) is 3.08. The van der Waals surface area contributed by atoms with Gasteiger partial charge in [-0.3, -0.25) is 0 Å². The molecule has 1 aliphatic rings. The van der Waals surface area contributed by atoms with Gasteiger partial charge in [-0.25, -0.2) is 0 Å². The maximum absolute atomic E-state index is 5.50. The molecule has 8 nitrogen and oxygen atoms in total. The van der Waals surface area contributed by atoms with Gasteiger partial charge in [0.15, 0.2) is 17.3 Å². The lowest BCUT2D eigenvalue weighted by molar-refractivity contribution is 0.170. The first-order chi connectivity index (χ1) is 13.2. The van der Waals surface area contributed by atoms with Crippen LogP contribution in [0.2, 0.25) is 0 Å². The lowest BCUT2D eigenvalue weighted by Crippen LogP contribution is -1.96. The van der Waals surface area contributed by atoms with E-state index in [0.717, 1.165) is 11.3 Å². The molecule has 0 atom stereocenters. The van der Waals surface area contributed by atoms with Crippen molar-refractivity contribution in [3.8, 4) is 40.2 Å². The van der Waals surface area contributed by atoms with Gasteiger partial charge in [0.2, 0.25) is 18.3 Å². The normalized spacial score (nSPS) is 12.1. The van der Waals surface area contributed by atoms with E-state index in [4.69, 9.17) is 28.2 Å². The molecule has 0 saturated heterocycles. The molecule has 3 aromatic rings. The molecule has 0 aliphatic carbocycles. The number of nitrogens with zero attached hydrogens (tertiary/aromatic N) is 2. The Bertz CT molecular complexity index is 952. The van der Waals surface area contributed by atoms with Gasteiger partial charge < -0.3 is 28.2 Å². The number of aromatic nitrogens is 2. The molecule has 0 spiro atoms. The van der Waals surface area contributed by atoms with E-state index >= 15 is 0 Å². The van der Waals surface area contributed by atoms with Gasteiger partial charge in [0.05, 0.1) is 26.9 Å². The van der Waals surface area contributed by atoms with Crippen LogP contribution >= 0.6 is 0 Å². The third-order valence-corrected chi connectivity index (χ3v) is 4.20. The first-order valence-electron chi connectivity index (χ1n) is 8.24. The quantitative estimate of drug-likeness (QED) is 0.654. The van der Waals surface area contributed by atoms with Gasteiger partial charge in [0.25, 0.3) is 5.89 Å². The molecule has 0 amide bonds. The lowest BCUT2D eigenvalue weighted by atomic mass is 10.1. The second kappa shape index (κ2) is 7.06. The van der Waals surface area contributed by atoms with Crippen LogP contribution in [0.1, 0.15) is 11.4 Å². The Labute approximate surface area is 155 Å². The summed E-state index contributed by atoms with van der Waals surface area (Å²) in [7, 11) is 4.71. The SMILES string of the molecule is COc1ccc(Cc2noc(-c3cc4c(c(OC)c3OC)OCO4)n2)cc1. The molecule has 0 fully saturated rings. The smallest absolute Gasteiger partial charge is 0.261 e. The van der Waals surface area contributed by atoms with E-state index in [2.05, 4.69) is 10.1 Å². The largest absolute Gasteiger partial charge is 0.497 e. The standard InChI is InChI=1S/C19H18N2O6/c1-22-12-6-4-11(5-7-12)8-15-20-19(27-21-15)13-9-14-17(26-10-25-14)18(24-3)16(13)23-2/h4-7,9H,8,10H2,1-3H3. The average Bonchev–Trinajstić information content (AvgIpc) is 3.36. The van der Waals surface area contributed by atoms with Crippen molar-refractivity contribution in [1.82, 2.24) is 10.1 Å². The third kappa shape index (κ3) is 3.10. The predicted molar refractivity (Wildman–Crippen MR) is 94.8 cm³/mol. The van der Waals surface area contributed by atoms with Gasteiger partial charge in [-0.15, -0.1) is 0 Å². The van der Waals surface area contributed by atoms with Crippen molar-refractivity contribution in [2.45, 2.75) is 6.42 Å². The van der Waals surface area contributed by atoms with Crippen molar-refractivity contribution >= 4 is 0 Å². The van der Waals surface area contributed by atoms with Gasteiger partial charge in [-0.2, -0.15) is 4.98 Å². The van der Waals surface area contributed by atoms with Crippen LogP contribution in [0.15, 0.2) is 34.9 Å². The van der Waals surface area contributed by atoms with Crippen molar-refractivity contribution in [2.75, 3.05) is 28.1 Å². The maximum atomic E-state index is 5.50. The molecule has 27 heavy (non-hydrogen) atoms. The molecule has 0 N–H and O–H groups in total. The number of hydrogen-bond acceptors (Lipinski definition) is 8. The van der Waals surface area contributed by atoms with E-state index in [1.807, 2.05) is 24.3 Å². The zero-order valence-corrected chi connectivity index (χ0v) is 15.1. The monoisotopic (exact) mass is 370 g/mol. The summed E-state index contributed by atoms with van der Waals surface area (Å²) in [6, 6.07) is 9.44. The fraction of sp³-hybridized carbons (Fsp3) is 0.263. The van der Waals surface area contributed by atoms with Crippen LogP contribution < -0.4 is 23.7 Å². The third-order valence-electron chi connectivity index (χ3n) is 4.20. The summed E-state index contributed by atoms with van der Waals surface area (Å²) in [6.07, 6.45) is 0.525. The molecule has 2 heterocycles. The molecular formula is C19H18N2O6. The highest BCUT2D eigenvalue weighted by molar-refractivity contribution is 5.75. The molecule has 1 aromatic heterocycles. The summed E-state index contributed by atoms with van der Waals surface area (Å²) in [5.74, 6) is 3.57. The zero-order valence-electron chi connectivity index (χ0n) is 15.1. The van der Waals surface area contributed by atoms with E-state index in [9.17, 15) is 0 Å². The molecule has 4 rings (SSSR count). The Morgan fingerprint density at radius 3 is 2.44 bits per heavy atom. The molecule has 2 aromatic carbocycles. The first-order valence-corrected chi connectivity index (χ1v) is 8.24. The summed E-state index contributed by atoms with van der Waals surface area (Å²) in [5, 5.41) is 4.07. The summed E-state index contributed by atoms with van der Waals surface area (Å²) < 4.78 is 32.5. The summed E-state index contributed by atoms with van der Waals surface area (Å²) >= 11 is 0. The Morgan fingerprint density at radius 1 is 0.963 bits per heavy atom. The van der Waals surface area contributed by atoms with Gasteiger partial charge in [0, 0.05) is 12.5 Å². The van der Waals surface area contributed by atoms with Crippen LogP contribution in [0.25, 0.3) is 11.5 Å². The van der Waals surface area contributed by atoms with Crippen LogP contribution in [-0.4, -0.2) is 38.3 Å². The zero-order chi connectivity index (χ0) is 18.8. The topological polar surface area (TPSA) is 85.1 Å². The number of rotatable bonds is 6. The average molecular weight is 370 g/mol. The van der Waals surface area contributed by atoms with Crippen molar-refractivity contribution in [3.63, 3.8) is 0 Å². The number of benzene rings is 2. The van der Waals surface area contributed by atoms with Crippen LogP contribution in [0, 0.1) is 0 Å². The molecule has 0 radical (unpaired) electrons. The fourth-order valence-electron chi connectivity index (χ4n) is 2.90. The van der Waals surface area contributed by atoms with Gasteiger partial charge >= 0.3 is 0 Å². The minimum absolute atomic E-state index is 0.116. The lowest BCUT2D eigenvalue weighted by Gasteiger charge is -2.12. The van der Waals surface area contributed by atoms with E-state index in [-0.39, 0.29) is 6.79 Å². The molecule has 140 valence electrons. The highest BCUT2D eigenvalue weighted by Gasteiger charge is 2.29. The van der Waals surface area contributed by atoms with Crippen molar-refractivity contribution < 1.29 is 28.2 Å². The fourth-order valence-corrected chi connectivity index (χ4v) is 2.90. The second-order valence-corrected chi connectivity index (χ2v) is 5.77. The number of fused-ring (bicyclic) bond motifs is 1.